The van der Waals surface area contributed by atoms with Crippen molar-refractivity contribution >= 4 is 17.6 Å². The Hall–Kier alpha value is -2.08. The van der Waals surface area contributed by atoms with Crippen LogP contribution in [0.2, 0.25) is 0 Å². The van der Waals surface area contributed by atoms with Crippen LogP contribution in [0.5, 0.6) is 0 Å². The third kappa shape index (κ3) is 4.26. The summed E-state index contributed by atoms with van der Waals surface area (Å²) in [5.74, 6) is 1.00. The van der Waals surface area contributed by atoms with E-state index >= 15 is 0 Å². The topological polar surface area (TPSA) is 66.0 Å². The van der Waals surface area contributed by atoms with Gasteiger partial charge in [0.15, 0.2) is 5.96 Å². The highest BCUT2D eigenvalue weighted by Crippen LogP contribution is 2.21. The maximum absolute atomic E-state index is 11.8. The van der Waals surface area contributed by atoms with Crippen LogP contribution in [-0.4, -0.2) is 44.7 Å². The Bertz CT molecular complexity index is 579. The Kier molecular flexibility index (Phi) is 5.69. The SMILES string of the molecule is CN=C(NCc1ccc(N2CCCC2=O)cc1)NCC1CCCO1. The average Bonchev–Trinajstić information content (AvgIpc) is 3.27. The number of ether oxygens (including phenoxy) is 1. The zero-order valence-electron chi connectivity index (χ0n) is 14.3. The molecule has 1 aromatic carbocycles. The maximum atomic E-state index is 11.8. The van der Waals surface area contributed by atoms with Gasteiger partial charge < -0.3 is 20.3 Å². The molecule has 2 N–H and O–H groups in total. The molecule has 1 unspecified atom stereocenters. The zero-order valence-corrected chi connectivity index (χ0v) is 14.3. The third-order valence-electron chi connectivity index (χ3n) is 4.53. The van der Waals surface area contributed by atoms with Gasteiger partial charge in [0.25, 0.3) is 0 Å². The molecule has 2 fully saturated rings. The van der Waals surface area contributed by atoms with Crippen molar-refractivity contribution in [3.63, 3.8) is 0 Å². The van der Waals surface area contributed by atoms with E-state index in [2.05, 4.69) is 27.8 Å². The van der Waals surface area contributed by atoms with Gasteiger partial charge in [-0.05, 0) is 37.0 Å². The van der Waals surface area contributed by atoms with E-state index in [0.717, 1.165) is 56.2 Å². The van der Waals surface area contributed by atoms with Crippen molar-refractivity contribution < 1.29 is 9.53 Å². The van der Waals surface area contributed by atoms with E-state index in [-0.39, 0.29) is 5.91 Å². The van der Waals surface area contributed by atoms with Crippen molar-refractivity contribution in [2.24, 2.45) is 4.99 Å². The van der Waals surface area contributed by atoms with Crippen LogP contribution >= 0.6 is 0 Å². The van der Waals surface area contributed by atoms with Crippen LogP contribution in [0.25, 0.3) is 0 Å². The van der Waals surface area contributed by atoms with Gasteiger partial charge in [-0.2, -0.15) is 0 Å². The number of carbonyl (C=O) groups is 1. The molecule has 6 heteroatoms. The van der Waals surface area contributed by atoms with Crippen molar-refractivity contribution in [3.05, 3.63) is 29.8 Å². The van der Waals surface area contributed by atoms with Gasteiger partial charge in [0.1, 0.15) is 0 Å². The van der Waals surface area contributed by atoms with Crippen molar-refractivity contribution in [2.45, 2.75) is 38.3 Å². The number of amides is 1. The molecule has 0 bridgehead atoms. The summed E-state index contributed by atoms with van der Waals surface area (Å²) in [6, 6.07) is 8.15. The van der Waals surface area contributed by atoms with E-state index in [1.807, 2.05) is 17.0 Å². The minimum Gasteiger partial charge on any atom is -0.376 e. The molecule has 0 spiro atoms. The van der Waals surface area contributed by atoms with Crippen LogP contribution in [0.4, 0.5) is 5.69 Å². The Morgan fingerprint density at radius 2 is 2.12 bits per heavy atom. The minimum atomic E-state index is 0.222. The first-order valence-electron chi connectivity index (χ1n) is 8.71. The highest BCUT2D eigenvalue weighted by Gasteiger charge is 2.21. The molecule has 0 radical (unpaired) electrons. The summed E-state index contributed by atoms with van der Waals surface area (Å²) in [5.41, 5.74) is 2.15. The van der Waals surface area contributed by atoms with E-state index in [1.54, 1.807) is 7.05 Å². The summed E-state index contributed by atoms with van der Waals surface area (Å²) in [6.07, 6.45) is 4.16. The van der Waals surface area contributed by atoms with E-state index in [9.17, 15) is 4.79 Å². The number of guanidine groups is 1. The first-order valence-corrected chi connectivity index (χ1v) is 8.71. The number of nitrogens with zero attached hydrogens (tertiary/aromatic N) is 2. The van der Waals surface area contributed by atoms with Crippen molar-refractivity contribution in [1.82, 2.24) is 10.6 Å². The van der Waals surface area contributed by atoms with Crippen LogP contribution in [0.1, 0.15) is 31.2 Å². The first-order chi connectivity index (χ1) is 11.8. The zero-order chi connectivity index (χ0) is 16.8. The number of hydrogen-bond acceptors (Lipinski definition) is 3. The van der Waals surface area contributed by atoms with Gasteiger partial charge in [-0.3, -0.25) is 9.79 Å². The minimum absolute atomic E-state index is 0.222. The molecule has 6 nitrogen and oxygen atoms in total. The molecule has 2 aliphatic rings. The average molecular weight is 330 g/mol. The van der Waals surface area contributed by atoms with Crippen molar-refractivity contribution in [2.75, 3.05) is 31.6 Å². The number of benzene rings is 1. The molecule has 1 amide bonds. The Morgan fingerprint density at radius 3 is 2.75 bits per heavy atom. The van der Waals surface area contributed by atoms with Crippen LogP contribution in [0.3, 0.4) is 0 Å². The number of carbonyl (C=O) groups excluding carboxylic acids is 1. The lowest BCUT2D eigenvalue weighted by molar-refractivity contribution is -0.117. The van der Waals surface area contributed by atoms with Gasteiger partial charge in [-0.15, -0.1) is 0 Å². The number of rotatable bonds is 5. The molecule has 0 aromatic heterocycles. The third-order valence-corrected chi connectivity index (χ3v) is 4.53. The Morgan fingerprint density at radius 1 is 1.29 bits per heavy atom. The van der Waals surface area contributed by atoms with Gasteiger partial charge in [0.05, 0.1) is 6.10 Å². The fraction of sp³-hybridized carbons (Fsp3) is 0.556. The quantitative estimate of drug-likeness (QED) is 0.636. The summed E-state index contributed by atoms with van der Waals surface area (Å²) < 4.78 is 5.60. The number of nitrogens with one attached hydrogen (secondary N) is 2. The second kappa shape index (κ2) is 8.15. The lowest BCUT2D eigenvalue weighted by Gasteiger charge is -2.17. The lowest BCUT2D eigenvalue weighted by Crippen LogP contribution is -2.40. The molecule has 1 aromatic rings. The predicted octanol–water partition coefficient (Wildman–Crippen LogP) is 1.66. The Labute approximate surface area is 143 Å². The number of anilines is 1. The maximum Gasteiger partial charge on any atom is 0.227 e. The monoisotopic (exact) mass is 330 g/mol. The first kappa shape index (κ1) is 16.8. The predicted molar refractivity (Wildman–Crippen MR) is 95.2 cm³/mol. The van der Waals surface area contributed by atoms with Crippen LogP contribution in [0, 0.1) is 0 Å². The van der Waals surface area contributed by atoms with Crippen molar-refractivity contribution in [3.8, 4) is 0 Å². The van der Waals surface area contributed by atoms with Crippen LogP contribution in [0.15, 0.2) is 29.3 Å². The molecule has 0 aliphatic carbocycles. The number of hydrogen-bond donors (Lipinski definition) is 2. The molecular formula is C18H26N4O2. The molecule has 2 saturated heterocycles. The normalized spacial score (nSPS) is 21.4. The fourth-order valence-corrected chi connectivity index (χ4v) is 3.14. The van der Waals surface area contributed by atoms with E-state index < -0.39 is 0 Å². The smallest absolute Gasteiger partial charge is 0.227 e. The second-order valence-corrected chi connectivity index (χ2v) is 6.26. The van der Waals surface area contributed by atoms with Crippen molar-refractivity contribution in [1.29, 1.82) is 0 Å². The highest BCUT2D eigenvalue weighted by molar-refractivity contribution is 5.95. The fourth-order valence-electron chi connectivity index (χ4n) is 3.14. The van der Waals surface area contributed by atoms with Crippen LogP contribution < -0.4 is 15.5 Å². The van der Waals surface area contributed by atoms with Gasteiger partial charge in [-0.1, -0.05) is 12.1 Å². The summed E-state index contributed by atoms with van der Waals surface area (Å²) in [6.45, 7) is 3.18. The van der Waals surface area contributed by atoms with E-state index in [0.29, 0.717) is 19.1 Å². The molecule has 3 rings (SSSR count). The van der Waals surface area contributed by atoms with E-state index in [4.69, 9.17) is 4.74 Å². The van der Waals surface area contributed by atoms with E-state index in [1.165, 1.54) is 0 Å². The van der Waals surface area contributed by atoms with Crippen LogP contribution in [-0.2, 0) is 16.1 Å². The van der Waals surface area contributed by atoms with Gasteiger partial charge in [-0.25, -0.2) is 0 Å². The molecule has 24 heavy (non-hydrogen) atoms. The standard InChI is InChI=1S/C18H26N4O2/c1-19-18(21-13-16-4-3-11-24-16)20-12-14-6-8-15(9-7-14)22-10-2-5-17(22)23/h6-9,16H,2-5,10-13H2,1H3,(H2,19,20,21). The molecule has 0 saturated carbocycles. The van der Waals surface area contributed by atoms with Gasteiger partial charge >= 0.3 is 0 Å². The van der Waals surface area contributed by atoms with Gasteiger partial charge in [0, 0.05) is 45.4 Å². The van der Waals surface area contributed by atoms with Gasteiger partial charge in [0.2, 0.25) is 5.91 Å². The summed E-state index contributed by atoms with van der Waals surface area (Å²) in [5, 5.41) is 6.61. The summed E-state index contributed by atoms with van der Waals surface area (Å²) >= 11 is 0. The number of aliphatic imine (C=N–C) groups is 1. The lowest BCUT2D eigenvalue weighted by atomic mass is 10.2. The molecular weight excluding hydrogens is 304 g/mol. The summed E-state index contributed by atoms with van der Waals surface area (Å²) in [7, 11) is 1.77. The largest absolute Gasteiger partial charge is 0.376 e. The molecule has 1 atom stereocenters. The molecule has 130 valence electrons. The summed E-state index contributed by atoms with van der Waals surface area (Å²) in [4.78, 5) is 17.9. The second-order valence-electron chi connectivity index (χ2n) is 6.26. The highest BCUT2D eigenvalue weighted by atomic mass is 16.5. The Balaban J connectivity index is 1.47. The molecule has 2 aliphatic heterocycles. The molecule has 2 heterocycles.